The SMILES string of the molecule is CCC(Oc1cc(-c2ccc(C)cc2)n(-c2ccc(F)cc2)n1)C(=O)O. The van der Waals surface area contributed by atoms with Gasteiger partial charge in [-0.1, -0.05) is 36.8 Å². The fraction of sp³-hybridized carbons (Fsp3) is 0.200. The van der Waals surface area contributed by atoms with Gasteiger partial charge < -0.3 is 9.84 Å². The maximum Gasteiger partial charge on any atom is 0.344 e. The number of carbonyl (C=O) groups is 1. The number of carboxylic acid groups (broad SMARTS) is 1. The van der Waals surface area contributed by atoms with Crippen molar-refractivity contribution in [3.05, 3.63) is 66.0 Å². The van der Waals surface area contributed by atoms with E-state index < -0.39 is 12.1 Å². The first-order chi connectivity index (χ1) is 12.5. The Hall–Kier alpha value is -3.15. The summed E-state index contributed by atoms with van der Waals surface area (Å²) in [6.07, 6.45) is -0.657. The van der Waals surface area contributed by atoms with Gasteiger partial charge >= 0.3 is 5.97 Å². The number of hydrogen-bond acceptors (Lipinski definition) is 3. The van der Waals surface area contributed by atoms with Crippen molar-refractivity contribution >= 4 is 5.97 Å². The van der Waals surface area contributed by atoms with Crippen LogP contribution >= 0.6 is 0 Å². The Labute approximate surface area is 150 Å². The van der Waals surface area contributed by atoms with Gasteiger partial charge in [-0.05, 0) is 37.6 Å². The van der Waals surface area contributed by atoms with Gasteiger partial charge in [0.1, 0.15) is 5.82 Å². The second-order valence-electron chi connectivity index (χ2n) is 5.98. The summed E-state index contributed by atoms with van der Waals surface area (Å²) in [7, 11) is 0. The van der Waals surface area contributed by atoms with Crippen LogP contribution in [-0.4, -0.2) is 27.0 Å². The molecular formula is C20H19FN2O3. The number of aromatic nitrogens is 2. The van der Waals surface area contributed by atoms with E-state index in [1.807, 2.05) is 31.2 Å². The Kier molecular flexibility index (Phi) is 5.02. The molecule has 134 valence electrons. The quantitative estimate of drug-likeness (QED) is 0.719. The van der Waals surface area contributed by atoms with Crippen LogP contribution in [0.5, 0.6) is 5.88 Å². The van der Waals surface area contributed by atoms with Crippen LogP contribution in [0.4, 0.5) is 4.39 Å². The van der Waals surface area contributed by atoms with E-state index in [4.69, 9.17) is 4.74 Å². The standard InChI is InChI=1S/C20H19FN2O3/c1-3-18(20(24)25)26-19-12-17(14-6-4-13(2)5-7-14)23(22-19)16-10-8-15(21)9-11-16/h4-12,18H,3H2,1-2H3,(H,24,25). The Morgan fingerprint density at radius 2 is 1.85 bits per heavy atom. The molecule has 3 rings (SSSR count). The molecule has 1 atom stereocenters. The van der Waals surface area contributed by atoms with Gasteiger partial charge in [-0.2, -0.15) is 0 Å². The molecule has 26 heavy (non-hydrogen) atoms. The third-order valence-corrected chi connectivity index (χ3v) is 4.01. The Balaban J connectivity index is 2.06. The third-order valence-electron chi connectivity index (χ3n) is 4.01. The van der Waals surface area contributed by atoms with Crippen molar-refractivity contribution in [3.63, 3.8) is 0 Å². The first-order valence-corrected chi connectivity index (χ1v) is 8.30. The lowest BCUT2D eigenvalue weighted by atomic mass is 10.1. The first kappa shape index (κ1) is 17.7. The van der Waals surface area contributed by atoms with E-state index in [1.54, 1.807) is 29.8 Å². The van der Waals surface area contributed by atoms with Crippen molar-refractivity contribution in [1.29, 1.82) is 0 Å². The zero-order valence-electron chi connectivity index (χ0n) is 14.5. The van der Waals surface area contributed by atoms with E-state index >= 15 is 0 Å². The summed E-state index contributed by atoms with van der Waals surface area (Å²) in [6.45, 7) is 3.73. The Morgan fingerprint density at radius 3 is 2.42 bits per heavy atom. The smallest absolute Gasteiger partial charge is 0.344 e. The average molecular weight is 354 g/mol. The molecule has 0 aliphatic carbocycles. The maximum absolute atomic E-state index is 13.3. The number of rotatable bonds is 6. The average Bonchev–Trinajstić information content (AvgIpc) is 3.04. The number of aryl methyl sites for hydroxylation is 1. The number of halogens is 1. The monoisotopic (exact) mass is 354 g/mol. The second kappa shape index (κ2) is 7.39. The minimum absolute atomic E-state index is 0.208. The van der Waals surface area contributed by atoms with Crippen LogP contribution < -0.4 is 4.74 Å². The van der Waals surface area contributed by atoms with Crippen molar-refractivity contribution in [2.24, 2.45) is 0 Å². The molecule has 0 aliphatic rings. The lowest BCUT2D eigenvalue weighted by molar-refractivity contribution is -0.145. The topological polar surface area (TPSA) is 64.4 Å². The molecule has 1 unspecified atom stereocenters. The van der Waals surface area contributed by atoms with Crippen molar-refractivity contribution < 1.29 is 19.0 Å². The number of nitrogens with zero attached hydrogens (tertiary/aromatic N) is 2. The summed E-state index contributed by atoms with van der Waals surface area (Å²) in [5, 5.41) is 13.6. The Bertz CT molecular complexity index is 839. The molecule has 6 heteroatoms. The van der Waals surface area contributed by atoms with E-state index in [2.05, 4.69) is 5.10 Å². The van der Waals surface area contributed by atoms with E-state index in [1.165, 1.54) is 12.1 Å². The number of carboxylic acids is 1. The summed E-state index contributed by atoms with van der Waals surface area (Å²) in [6, 6.07) is 15.5. The van der Waals surface area contributed by atoms with Gasteiger partial charge in [0.25, 0.3) is 0 Å². The number of hydrogen-bond donors (Lipinski definition) is 1. The lowest BCUT2D eigenvalue weighted by Crippen LogP contribution is -2.26. The van der Waals surface area contributed by atoms with Crippen LogP contribution in [0.1, 0.15) is 18.9 Å². The van der Waals surface area contributed by atoms with Crippen molar-refractivity contribution in [1.82, 2.24) is 9.78 Å². The molecule has 0 radical (unpaired) electrons. The predicted octanol–water partition coefficient (Wildman–Crippen LogP) is 4.23. The zero-order valence-corrected chi connectivity index (χ0v) is 14.5. The first-order valence-electron chi connectivity index (χ1n) is 8.30. The lowest BCUT2D eigenvalue weighted by Gasteiger charge is -2.10. The second-order valence-corrected chi connectivity index (χ2v) is 5.98. The summed E-state index contributed by atoms with van der Waals surface area (Å²) in [5.74, 6) is -1.17. The highest BCUT2D eigenvalue weighted by atomic mass is 19.1. The van der Waals surface area contributed by atoms with Crippen LogP contribution in [0.25, 0.3) is 16.9 Å². The normalized spacial score (nSPS) is 12.0. The largest absolute Gasteiger partial charge is 0.479 e. The van der Waals surface area contributed by atoms with Crippen LogP contribution in [0.2, 0.25) is 0 Å². The minimum atomic E-state index is -1.04. The third kappa shape index (κ3) is 3.74. The highest BCUT2D eigenvalue weighted by Crippen LogP contribution is 2.28. The van der Waals surface area contributed by atoms with E-state index in [-0.39, 0.29) is 11.7 Å². The van der Waals surface area contributed by atoms with Crippen LogP contribution in [0.15, 0.2) is 54.6 Å². The molecule has 5 nitrogen and oxygen atoms in total. The number of ether oxygens (including phenoxy) is 1. The van der Waals surface area contributed by atoms with Gasteiger partial charge in [-0.3, -0.25) is 0 Å². The van der Waals surface area contributed by atoms with Crippen molar-refractivity contribution in [3.8, 4) is 22.8 Å². The molecule has 0 saturated carbocycles. The van der Waals surface area contributed by atoms with Crippen molar-refractivity contribution in [2.75, 3.05) is 0 Å². The molecule has 2 aromatic carbocycles. The Morgan fingerprint density at radius 1 is 1.19 bits per heavy atom. The molecule has 0 fully saturated rings. The number of benzene rings is 2. The summed E-state index contributed by atoms with van der Waals surface area (Å²) >= 11 is 0. The summed E-state index contributed by atoms with van der Waals surface area (Å²) in [5.41, 5.74) is 3.40. The molecule has 0 amide bonds. The van der Waals surface area contributed by atoms with Gasteiger partial charge in [0.05, 0.1) is 11.4 Å². The van der Waals surface area contributed by atoms with E-state index in [0.717, 1.165) is 16.8 Å². The summed E-state index contributed by atoms with van der Waals surface area (Å²) < 4.78 is 20.4. The van der Waals surface area contributed by atoms with Crippen LogP contribution in [0.3, 0.4) is 0 Å². The summed E-state index contributed by atoms with van der Waals surface area (Å²) in [4.78, 5) is 11.2. The van der Waals surface area contributed by atoms with Gasteiger partial charge in [-0.15, -0.1) is 5.10 Å². The van der Waals surface area contributed by atoms with Gasteiger partial charge in [0.15, 0.2) is 6.10 Å². The number of aliphatic carboxylic acids is 1. The van der Waals surface area contributed by atoms with Crippen LogP contribution in [-0.2, 0) is 4.79 Å². The fourth-order valence-electron chi connectivity index (χ4n) is 2.58. The molecule has 1 N–H and O–H groups in total. The van der Waals surface area contributed by atoms with E-state index in [0.29, 0.717) is 12.1 Å². The van der Waals surface area contributed by atoms with Gasteiger partial charge in [0.2, 0.25) is 5.88 Å². The molecule has 3 aromatic rings. The molecule has 0 aliphatic heterocycles. The van der Waals surface area contributed by atoms with E-state index in [9.17, 15) is 14.3 Å². The molecule has 0 spiro atoms. The minimum Gasteiger partial charge on any atom is -0.479 e. The fourth-order valence-corrected chi connectivity index (χ4v) is 2.58. The molecule has 0 bridgehead atoms. The molecular weight excluding hydrogens is 335 g/mol. The molecule has 1 aromatic heterocycles. The van der Waals surface area contributed by atoms with Gasteiger partial charge in [-0.25, -0.2) is 13.9 Å². The highest BCUT2D eigenvalue weighted by Gasteiger charge is 2.20. The maximum atomic E-state index is 13.3. The van der Waals surface area contributed by atoms with Crippen molar-refractivity contribution in [2.45, 2.75) is 26.4 Å². The predicted molar refractivity (Wildman–Crippen MR) is 96.0 cm³/mol. The highest BCUT2D eigenvalue weighted by molar-refractivity contribution is 5.72. The van der Waals surface area contributed by atoms with Gasteiger partial charge in [0, 0.05) is 11.6 Å². The zero-order chi connectivity index (χ0) is 18.7. The molecule has 0 saturated heterocycles. The molecule has 1 heterocycles. The van der Waals surface area contributed by atoms with Crippen LogP contribution in [0, 0.1) is 12.7 Å².